The Labute approximate surface area is 148 Å². The highest BCUT2D eigenvalue weighted by Crippen LogP contribution is 2.17. The Morgan fingerprint density at radius 1 is 1.12 bits per heavy atom. The number of hydrogen-bond acceptors (Lipinski definition) is 4. The lowest BCUT2D eigenvalue weighted by atomic mass is 10.1. The van der Waals surface area contributed by atoms with Crippen LogP contribution in [0.3, 0.4) is 0 Å². The SMILES string of the molecule is COc1ccc([C@H](C)NC(=O)CN(C)S(=O)(=O)c2ccccc2)cc1. The number of benzene rings is 2. The highest BCUT2D eigenvalue weighted by atomic mass is 32.2. The molecule has 1 atom stereocenters. The van der Waals surface area contributed by atoms with Crippen molar-refractivity contribution in [1.82, 2.24) is 9.62 Å². The van der Waals surface area contributed by atoms with Gasteiger partial charge in [-0.1, -0.05) is 30.3 Å². The van der Waals surface area contributed by atoms with Gasteiger partial charge >= 0.3 is 0 Å². The fourth-order valence-electron chi connectivity index (χ4n) is 2.32. The van der Waals surface area contributed by atoms with Gasteiger partial charge in [-0.3, -0.25) is 4.79 Å². The molecule has 2 rings (SSSR count). The number of amides is 1. The Morgan fingerprint density at radius 2 is 1.72 bits per heavy atom. The zero-order chi connectivity index (χ0) is 18.4. The molecule has 0 aliphatic carbocycles. The van der Waals surface area contributed by atoms with Gasteiger partial charge in [0, 0.05) is 7.05 Å². The molecule has 0 aromatic heterocycles. The summed E-state index contributed by atoms with van der Waals surface area (Å²) in [5.41, 5.74) is 0.905. The minimum absolute atomic E-state index is 0.161. The molecule has 2 aromatic rings. The lowest BCUT2D eigenvalue weighted by molar-refractivity contribution is -0.121. The summed E-state index contributed by atoms with van der Waals surface area (Å²) in [6.07, 6.45) is 0. The highest BCUT2D eigenvalue weighted by molar-refractivity contribution is 7.89. The van der Waals surface area contributed by atoms with E-state index in [1.54, 1.807) is 25.3 Å². The van der Waals surface area contributed by atoms with Crippen LogP contribution in [0, 0.1) is 0 Å². The van der Waals surface area contributed by atoms with Gasteiger partial charge in [0.1, 0.15) is 5.75 Å². The quantitative estimate of drug-likeness (QED) is 0.819. The van der Waals surface area contributed by atoms with Gasteiger partial charge in [-0.25, -0.2) is 8.42 Å². The van der Waals surface area contributed by atoms with E-state index in [1.165, 1.54) is 19.2 Å². The monoisotopic (exact) mass is 362 g/mol. The van der Waals surface area contributed by atoms with Crippen LogP contribution in [0.4, 0.5) is 0 Å². The van der Waals surface area contributed by atoms with Crippen LogP contribution in [0.2, 0.25) is 0 Å². The summed E-state index contributed by atoms with van der Waals surface area (Å²) < 4.78 is 31.0. The molecule has 25 heavy (non-hydrogen) atoms. The number of likely N-dealkylation sites (N-methyl/N-ethyl adjacent to an activating group) is 1. The Hall–Kier alpha value is -2.38. The van der Waals surface area contributed by atoms with E-state index in [2.05, 4.69) is 5.32 Å². The van der Waals surface area contributed by atoms with Gasteiger partial charge in [0.2, 0.25) is 15.9 Å². The number of nitrogens with zero attached hydrogens (tertiary/aromatic N) is 1. The average Bonchev–Trinajstić information content (AvgIpc) is 2.62. The number of carbonyl (C=O) groups excluding carboxylic acids is 1. The molecular weight excluding hydrogens is 340 g/mol. The van der Waals surface area contributed by atoms with E-state index in [0.29, 0.717) is 0 Å². The van der Waals surface area contributed by atoms with Gasteiger partial charge in [-0.2, -0.15) is 4.31 Å². The summed E-state index contributed by atoms with van der Waals surface area (Å²) >= 11 is 0. The van der Waals surface area contributed by atoms with Crippen LogP contribution in [0.5, 0.6) is 5.75 Å². The van der Waals surface area contributed by atoms with Gasteiger partial charge in [-0.15, -0.1) is 0 Å². The fraction of sp³-hybridized carbons (Fsp3) is 0.278. The van der Waals surface area contributed by atoms with Gasteiger partial charge in [0.05, 0.1) is 24.6 Å². The highest BCUT2D eigenvalue weighted by Gasteiger charge is 2.23. The van der Waals surface area contributed by atoms with Crippen molar-refractivity contribution in [2.24, 2.45) is 0 Å². The molecule has 7 heteroatoms. The van der Waals surface area contributed by atoms with E-state index in [0.717, 1.165) is 15.6 Å². The number of rotatable bonds is 7. The second kappa shape index (κ2) is 8.13. The second-order valence-corrected chi connectivity index (χ2v) is 7.68. The van der Waals surface area contributed by atoms with Crippen molar-refractivity contribution in [1.29, 1.82) is 0 Å². The maximum Gasteiger partial charge on any atom is 0.243 e. The first kappa shape index (κ1) is 19.0. The minimum Gasteiger partial charge on any atom is -0.497 e. The van der Waals surface area contributed by atoms with Crippen LogP contribution in [-0.4, -0.2) is 39.3 Å². The van der Waals surface area contributed by atoms with E-state index in [4.69, 9.17) is 4.74 Å². The zero-order valence-electron chi connectivity index (χ0n) is 14.5. The summed E-state index contributed by atoms with van der Waals surface area (Å²) in [5.74, 6) is 0.362. The minimum atomic E-state index is -3.69. The van der Waals surface area contributed by atoms with Crippen molar-refractivity contribution < 1.29 is 17.9 Å². The molecule has 0 spiro atoms. The topological polar surface area (TPSA) is 75.7 Å². The van der Waals surface area contributed by atoms with Crippen LogP contribution in [0.15, 0.2) is 59.5 Å². The van der Waals surface area contributed by atoms with Gasteiger partial charge < -0.3 is 10.1 Å². The van der Waals surface area contributed by atoms with E-state index < -0.39 is 10.0 Å². The molecule has 0 aliphatic rings. The molecule has 0 heterocycles. The number of carbonyl (C=O) groups is 1. The van der Waals surface area contributed by atoms with Crippen molar-refractivity contribution in [3.63, 3.8) is 0 Å². The maximum absolute atomic E-state index is 12.4. The lowest BCUT2D eigenvalue weighted by Gasteiger charge is -2.19. The van der Waals surface area contributed by atoms with Crippen molar-refractivity contribution >= 4 is 15.9 Å². The van der Waals surface area contributed by atoms with Crippen LogP contribution >= 0.6 is 0 Å². The molecule has 1 amide bonds. The smallest absolute Gasteiger partial charge is 0.243 e. The fourth-order valence-corrected chi connectivity index (χ4v) is 3.47. The molecule has 0 bridgehead atoms. The first-order valence-corrected chi connectivity index (χ1v) is 9.23. The Kier molecular flexibility index (Phi) is 6.17. The molecule has 0 saturated heterocycles. The first-order valence-electron chi connectivity index (χ1n) is 7.79. The van der Waals surface area contributed by atoms with Crippen molar-refractivity contribution in [3.05, 3.63) is 60.2 Å². The zero-order valence-corrected chi connectivity index (χ0v) is 15.3. The molecule has 6 nitrogen and oxygen atoms in total. The van der Waals surface area contributed by atoms with E-state index in [9.17, 15) is 13.2 Å². The molecule has 0 unspecified atom stereocenters. The summed E-state index contributed by atoms with van der Waals surface area (Å²) in [6.45, 7) is 1.59. The molecule has 0 fully saturated rings. The molecule has 1 N–H and O–H groups in total. The third-order valence-electron chi connectivity index (χ3n) is 3.81. The molecule has 0 radical (unpaired) electrons. The maximum atomic E-state index is 12.4. The Balaban J connectivity index is 1.99. The van der Waals surface area contributed by atoms with Crippen molar-refractivity contribution in [2.75, 3.05) is 20.7 Å². The third-order valence-corrected chi connectivity index (χ3v) is 5.63. The van der Waals surface area contributed by atoms with Gasteiger partial charge in [-0.05, 0) is 36.8 Å². The van der Waals surface area contributed by atoms with Crippen molar-refractivity contribution in [3.8, 4) is 5.75 Å². The van der Waals surface area contributed by atoms with Gasteiger partial charge in [0.15, 0.2) is 0 Å². The normalized spacial score (nSPS) is 12.6. The van der Waals surface area contributed by atoms with E-state index >= 15 is 0 Å². The average molecular weight is 362 g/mol. The second-order valence-electron chi connectivity index (χ2n) is 5.64. The number of methoxy groups -OCH3 is 1. The van der Waals surface area contributed by atoms with Crippen molar-refractivity contribution in [2.45, 2.75) is 17.9 Å². The number of sulfonamides is 1. The summed E-state index contributed by atoms with van der Waals surface area (Å²) in [6, 6.07) is 15.1. The van der Waals surface area contributed by atoms with Crippen LogP contribution < -0.4 is 10.1 Å². The van der Waals surface area contributed by atoms with Crippen LogP contribution in [-0.2, 0) is 14.8 Å². The Bertz CT molecular complexity index is 805. The van der Waals surface area contributed by atoms with E-state index in [-0.39, 0.29) is 23.4 Å². The van der Waals surface area contributed by atoms with E-state index in [1.807, 2.05) is 31.2 Å². The third kappa shape index (κ3) is 4.80. The molecule has 134 valence electrons. The van der Waals surface area contributed by atoms with Crippen LogP contribution in [0.25, 0.3) is 0 Å². The van der Waals surface area contributed by atoms with Crippen LogP contribution in [0.1, 0.15) is 18.5 Å². The predicted molar refractivity (Wildman–Crippen MR) is 95.8 cm³/mol. The number of ether oxygens (including phenoxy) is 1. The molecule has 0 saturated carbocycles. The van der Waals surface area contributed by atoms with Gasteiger partial charge in [0.25, 0.3) is 0 Å². The number of nitrogens with one attached hydrogen (secondary N) is 1. The summed E-state index contributed by atoms with van der Waals surface area (Å²) in [4.78, 5) is 12.4. The molecule has 2 aromatic carbocycles. The summed E-state index contributed by atoms with van der Waals surface area (Å²) in [5, 5.41) is 2.80. The standard InChI is InChI=1S/C18H22N2O4S/c1-14(15-9-11-16(24-3)12-10-15)19-18(21)13-20(2)25(22,23)17-7-5-4-6-8-17/h4-12,14H,13H2,1-3H3,(H,19,21)/t14-/m0/s1. The predicted octanol–water partition coefficient (Wildman–Crippen LogP) is 2.19. The molecule has 0 aliphatic heterocycles. The molecular formula is C18H22N2O4S. The first-order chi connectivity index (χ1) is 11.8. The Morgan fingerprint density at radius 3 is 2.28 bits per heavy atom. The largest absolute Gasteiger partial charge is 0.497 e. The summed E-state index contributed by atoms with van der Waals surface area (Å²) in [7, 11) is -0.712. The lowest BCUT2D eigenvalue weighted by Crippen LogP contribution is -2.39. The number of hydrogen-bond donors (Lipinski definition) is 1.